The molecule has 5 nitrogen and oxygen atoms in total. The van der Waals surface area contributed by atoms with E-state index in [1.807, 2.05) is 26.1 Å². The fraction of sp³-hybridized carbons (Fsp3) is 0.250. The molecule has 0 unspecified atom stereocenters. The Kier molecular flexibility index (Phi) is 4.65. The van der Waals surface area contributed by atoms with E-state index in [2.05, 4.69) is 76.2 Å². The molecule has 0 amide bonds. The molecule has 0 atom stereocenters. The first-order valence-electron chi connectivity index (χ1n) is 8.31. The lowest BCUT2D eigenvalue weighted by Crippen LogP contribution is -2.01. The van der Waals surface area contributed by atoms with E-state index in [1.54, 1.807) is 0 Å². The minimum atomic E-state index is 0.515. The lowest BCUT2D eigenvalue weighted by Gasteiger charge is -2.09. The molecule has 0 aliphatic heterocycles. The summed E-state index contributed by atoms with van der Waals surface area (Å²) < 4.78 is 2.23. The number of benzene rings is 1. The summed E-state index contributed by atoms with van der Waals surface area (Å²) in [4.78, 5) is 8.65. The Bertz CT molecular complexity index is 900. The summed E-state index contributed by atoms with van der Waals surface area (Å²) in [5, 5.41) is 4.30. The van der Waals surface area contributed by atoms with Crippen LogP contribution in [-0.4, -0.2) is 20.7 Å². The molecule has 0 aliphatic carbocycles. The smallest absolute Gasteiger partial charge is 0.243 e. The predicted molar refractivity (Wildman–Crippen MR) is 103 cm³/mol. The van der Waals surface area contributed by atoms with Crippen LogP contribution in [-0.2, 0) is 0 Å². The van der Waals surface area contributed by atoms with E-state index in [-0.39, 0.29) is 0 Å². The van der Waals surface area contributed by atoms with E-state index in [1.165, 1.54) is 11.3 Å². The highest BCUT2D eigenvalue weighted by Gasteiger charge is 2.09. The van der Waals surface area contributed by atoms with Crippen LogP contribution in [0.4, 0.5) is 5.95 Å². The van der Waals surface area contributed by atoms with Crippen molar-refractivity contribution in [2.75, 3.05) is 5.43 Å². The van der Waals surface area contributed by atoms with Crippen LogP contribution >= 0.6 is 0 Å². The molecular weight excluding hydrogens is 310 g/mol. The van der Waals surface area contributed by atoms with Gasteiger partial charge >= 0.3 is 0 Å². The molecule has 1 N–H and O–H groups in total. The Hall–Kier alpha value is -2.95. The van der Waals surface area contributed by atoms with Crippen LogP contribution in [0, 0.1) is 34.6 Å². The number of hydrogen-bond acceptors (Lipinski definition) is 4. The lowest BCUT2D eigenvalue weighted by molar-refractivity contribution is 0.964. The number of rotatable bonds is 4. The normalized spacial score (nSPS) is 11.2. The SMILES string of the molecule is Cc1ccc(-n2c(C)cc(/C=N/Nc3nc(C)cc(C)n3)c2C)cc1. The summed E-state index contributed by atoms with van der Waals surface area (Å²) in [5.74, 6) is 0.515. The van der Waals surface area contributed by atoms with Gasteiger partial charge in [-0.25, -0.2) is 15.4 Å². The third-order valence-corrected chi connectivity index (χ3v) is 4.11. The highest BCUT2D eigenvalue weighted by molar-refractivity contribution is 5.82. The molecule has 0 fully saturated rings. The zero-order valence-corrected chi connectivity index (χ0v) is 15.3. The quantitative estimate of drug-likeness (QED) is 0.573. The summed E-state index contributed by atoms with van der Waals surface area (Å²) in [7, 11) is 0. The first-order chi connectivity index (χ1) is 11.9. The molecule has 25 heavy (non-hydrogen) atoms. The Balaban J connectivity index is 1.84. The van der Waals surface area contributed by atoms with Gasteiger partial charge in [0.25, 0.3) is 0 Å². The fourth-order valence-electron chi connectivity index (χ4n) is 2.94. The molecule has 0 spiro atoms. The second-order valence-electron chi connectivity index (χ2n) is 6.34. The number of anilines is 1. The Labute approximate surface area is 148 Å². The van der Waals surface area contributed by atoms with Gasteiger partial charge in [-0.15, -0.1) is 0 Å². The van der Waals surface area contributed by atoms with Crippen molar-refractivity contribution in [2.24, 2.45) is 5.10 Å². The van der Waals surface area contributed by atoms with Gasteiger partial charge in [-0.3, -0.25) is 0 Å². The summed E-state index contributed by atoms with van der Waals surface area (Å²) in [5.41, 5.74) is 10.6. The molecule has 0 aliphatic rings. The van der Waals surface area contributed by atoms with Gasteiger partial charge in [0.05, 0.1) is 6.21 Å². The monoisotopic (exact) mass is 333 g/mol. The van der Waals surface area contributed by atoms with Crippen LogP contribution in [0.15, 0.2) is 41.5 Å². The minimum Gasteiger partial charge on any atom is -0.318 e. The van der Waals surface area contributed by atoms with Gasteiger partial charge in [0.1, 0.15) is 0 Å². The molecule has 0 bridgehead atoms. The summed E-state index contributed by atoms with van der Waals surface area (Å²) >= 11 is 0. The minimum absolute atomic E-state index is 0.515. The van der Waals surface area contributed by atoms with Crippen molar-refractivity contribution in [1.29, 1.82) is 0 Å². The van der Waals surface area contributed by atoms with E-state index in [9.17, 15) is 0 Å². The van der Waals surface area contributed by atoms with E-state index in [0.29, 0.717) is 5.95 Å². The maximum atomic E-state index is 4.33. The Morgan fingerprint density at radius 3 is 2.20 bits per heavy atom. The molecule has 1 aromatic carbocycles. The van der Waals surface area contributed by atoms with E-state index in [4.69, 9.17) is 0 Å². The highest BCUT2D eigenvalue weighted by atomic mass is 15.3. The number of nitrogens with one attached hydrogen (secondary N) is 1. The first-order valence-corrected chi connectivity index (χ1v) is 8.31. The number of aromatic nitrogens is 3. The zero-order chi connectivity index (χ0) is 18.0. The predicted octanol–water partition coefficient (Wildman–Crippen LogP) is 4.26. The Morgan fingerprint density at radius 1 is 0.920 bits per heavy atom. The van der Waals surface area contributed by atoms with Crippen LogP contribution in [0.5, 0.6) is 0 Å². The maximum absolute atomic E-state index is 4.33. The molecule has 2 heterocycles. The average Bonchev–Trinajstić information content (AvgIpc) is 2.82. The van der Waals surface area contributed by atoms with Crippen molar-refractivity contribution in [2.45, 2.75) is 34.6 Å². The van der Waals surface area contributed by atoms with Crippen LogP contribution in [0.2, 0.25) is 0 Å². The van der Waals surface area contributed by atoms with Crippen molar-refractivity contribution in [3.63, 3.8) is 0 Å². The molecule has 3 aromatic rings. The van der Waals surface area contributed by atoms with Crippen molar-refractivity contribution in [1.82, 2.24) is 14.5 Å². The third kappa shape index (κ3) is 3.76. The highest BCUT2D eigenvalue weighted by Crippen LogP contribution is 2.20. The summed E-state index contributed by atoms with van der Waals surface area (Å²) in [6, 6.07) is 12.6. The molecule has 2 aromatic heterocycles. The number of hydrogen-bond donors (Lipinski definition) is 1. The summed E-state index contributed by atoms with van der Waals surface area (Å²) in [6.45, 7) is 10.2. The molecule has 0 saturated heterocycles. The standard InChI is InChI=1S/C20H23N5/c1-13-6-8-19(9-7-13)25-16(4)11-18(17(25)5)12-21-24-20-22-14(2)10-15(3)23-20/h6-12H,1-5H3,(H,22,23,24)/b21-12+. The largest absolute Gasteiger partial charge is 0.318 e. The van der Waals surface area contributed by atoms with Crippen LogP contribution in [0.3, 0.4) is 0 Å². The van der Waals surface area contributed by atoms with Gasteiger partial charge in [0, 0.05) is 34.0 Å². The van der Waals surface area contributed by atoms with Gasteiger partial charge in [0.2, 0.25) is 5.95 Å². The molecular formula is C20H23N5. The number of aryl methyl sites for hydroxylation is 4. The van der Waals surface area contributed by atoms with E-state index < -0.39 is 0 Å². The molecule has 3 rings (SSSR count). The number of hydrazone groups is 1. The second kappa shape index (κ2) is 6.89. The lowest BCUT2D eigenvalue weighted by atomic mass is 10.2. The molecule has 128 valence electrons. The first kappa shape index (κ1) is 16.9. The molecule has 0 saturated carbocycles. The fourth-order valence-corrected chi connectivity index (χ4v) is 2.94. The van der Waals surface area contributed by atoms with Gasteiger partial charge in [-0.2, -0.15) is 5.10 Å². The molecule has 0 radical (unpaired) electrons. The average molecular weight is 333 g/mol. The van der Waals surface area contributed by atoms with Crippen molar-refractivity contribution >= 4 is 12.2 Å². The molecule has 5 heteroatoms. The maximum Gasteiger partial charge on any atom is 0.243 e. The van der Waals surface area contributed by atoms with Crippen LogP contribution in [0.25, 0.3) is 5.69 Å². The second-order valence-corrected chi connectivity index (χ2v) is 6.34. The summed E-state index contributed by atoms with van der Waals surface area (Å²) in [6.07, 6.45) is 1.81. The zero-order valence-electron chi connectivity index (χ0n) is 15.3. The van der Waals surface area contributed by atoms with E-state index in [0.717, 1.165) is 28.3 Å². The van der Waals surface area contributed by atoms with Crippen LogP contribution in [0.1, 0.15) is 33.9 Å². The third-order valence-electron chi connectivity index (χ3n) is 4.11. The topological polar surface area (TPSA) is 55.1 Å². The van der Waals surface area contributed by atoms with Gasteiger partial charge < -0.3 is 4.57 Å². The van der Waals surface area contributed by atoms with Crippen LogP contribution < -0.4 is 5.43 Å². The number of nitrogens with zero attached hydrogens (tertiary/aromatic N) is 4. The van der Waals surface area contributed by atoms with E-state index >= 15 is 0 Å². The van der Waals surface area contributed by atoms with Crippen molar-refractivity contribution in [3.8, 4) is 5.69 Å². The van der Waals surface area contributed by atoms with Gasteiger partial charge in [-0.1, -0.05) is 17.7 Å². The Morgan fingerprint density at radius 2 is 1.56 bits per heavy atom. The van der Waals surface area contributed by atoms with Gasteiger partial charge in [0.15, 0.2) is 0 Å². The van der Waals surface area contributed by atoms with Gasteiger partial charge in [-0.05, 0) is 58.9 Å². The van der Waals surface area contributed by atoms with Crippen molar-refractivity contribution < 1.29 is 0 Å². The van der Waals surface area contributed by atoms with Crippen molar-refractivity contribution in [3.05, 3.63) is 70.3 Å².